The van der Waals surface area contributed by atoms with Crippen LogP contribution >= 0.6 is 0 Å². The summed E-state index contributed by atoms with van der Waals surface area (Å²) in [5.74, 6) is -0.121. The molecule has 0 aliphatic heterocycles. The van der Waals surface area contributed by atoms with Crippen molar-refractivity contribution in [3.8, 4) is 0 Å². The van der Waals surface area contributed by atoms with E-state index in [0.29, 0.717) is 60.4 Å². The summed E-state index contributed by atoms with van der Waals surface area (Å²) in [6.45, 7) is 2.63. The lowest BCUT2D eigenvalue weighted by molar-refractivity contribution is -0.120. The number of carbonyl (C=O) groups excluding carboxylic acids is 2. The zero-order valence-corrected chi connectivity index (χ0v) is 19.5. The summed E-state index contributed by atoms with van der Waals surface area (Å²) < 4.78 is 24.7. The van der Waals surface area contributed by atoms with Crippen molar-refractivity contribution in [3.63, 3.8) is 0 Å². The van der Waals surface area contributed by atoms with Crippen LogP contribution in [0.2, 0.25) is 0 Å². The van der Waals surface area contributed by atoms with Crippen LogP contribution in [0.5, 0.6) is 0 Å². The molecule has 0 spiro atoms. The molecule has 1 aromatic carbocycles. The second kappa shape index (κ2) is 9.30. The molecule has 2 aromatic heterocycles. The molecule has 0 atom stereocenters. The van der Waals surface area contributed by atoms with E-state index in [1.165, 1.54) is 6.26 Å². The van der Waals surface area contributed by atoms with Gasteiger partial charge in [0.25, 0.3) is 5.91 Å². The van der Waals surface area contributed by atoms with Crippen molar-refractivity contribution in [1.29, 1.82) is 0 Å². The molecule has 0 unspecified atom stereocenters. The Morgan fingerprint density at radius 3 is 2.48 bits per heavy atom. The molecule has 4 rings (SSSR count). The average Bonchev–Trinajstić information content (AvgIpc) is 3.19. The largest absolute Gasteiger partial charge is 0.381 e. The van der Waals surface area contributed by atoms with E-state index < -0.39 is 9.84 Å². The highest BCUT2D eigenvalue weighted by Gasteiger charge is 2.24. The Hall–Kier alpha value is -3.27. The van der Waals surface area contributed by atoms with E-state index in [0.717, 1.165) is 5.39 Å². The van der Waals surface area contributed by atoms with Gasteiger partial charge in [0.1, 0.15) is 5.78 Å². The Balaban J connectivity index is 1.61. The molecule has 0 radical (unpaired) electrons. The van der Waals surface area contributed by atoms with Crippen molar-refractivity contribution in [3.05, 3.63) is 47.8 Å². The molecule has 174 valence electrons. The molecule has 0 bridgehead atoms. The van der Waals surface area contributed by atoms with Crippen molar-refractivity contribution in [2.24, 2.45) is 0 Å². The number of Topliss-reactive ketones (excluding diaryl/α,β-unsaturated/α-hetero) is 1. The van der Waals surface area contributed by atoms with Crippen molar-refractivity contribution >= 4 is 43.9 Å². The van der Waals surface area contributed by atoms with Gasteiger partial charge in [-0.2, -0.15) is 5.10 Å². The number of aryl methyl sites for hydroxylation is 1. The molecule has 2 heterocycles. The van der Waals surface area contributed by atoms with E-state index in [1.807, 2.05) is 6.92 Å². The standard InChI is InChI=1S/C23H27N5O4S/c1-3-28-22-19(13-25-28)21(26-16-8-10-18(29)11-9-16)20(12-24-22)23(30)27-17-6-4-15(5-7-17)14-33(2,31)32/h4-7,12-13,16H,3,8-11,14H2,1-2H3,(H,24,26)(H,27,30). The number of ketones is 1. The molecule has 0 saturated heterocycles. The molecule has 1 aliphatic rings. The van der Waals surface area contributed by atoms with E-state index in [2.05, 4.69) is 20.7 Å². The molecular formula is C23H27N5O4S. The zero-order valence-electron chi connectivity index (χ0n) is 18.7. The number of hydrogen-bond donors (Lipinski definition) is 2. The van der Waals surface area contributed by atoms with E-state index in [1.54, 1.807) is 41.3 Å². The molecule has 1 saturated carbocycles. The van der Waals surface area contributed by atoms with Gasteiger partial charge in [-0.3, -0.25) is 9.59 Å². The zero-order chi connectivity index (χ0) is 23.6. The summed E-state index contributed by atoms with van der Waals surface area (Å²) in [6.07, 6.45) is 6.92. The third-order valence-electron chi connectivity index (χ3n) is 5.74. The van der Waals surface area contributed by atoms with Gasteiger partial charge < -0.3 is 10.6 Å². The smallest absolute Gasteiger partial charge is 0.259 e. The minimum absolute atomic E-state index is 0.0544. The van der Waals surface area contributed by atoms with Crippen LogP contribution < -0.4 is 10.6 Å². The quantitative estimate of drug-likeness (QED) is 0.545. The number of nitrogens with one attached hydrogen (secondary N) is 2. The van der Waals surface area contributed by atoms with Gasteiger partial charge in [0.2, 0.25) is 0 Å². The van der Waals surface area contributed by atoms with Crippen molar-refractivity contribution in [2.45, 2.75) is 50.9 Å². The topological polar surface area (TPSA) is 123 Å². The van der Waals surface area contributed by atoms with Gasteiger partial charge in [-0.15, -0.1) is 0 Å². The minimum Gasteiger partial charge on any atom is -0.381 e. The lowest BCUT2D eigenvalue weighted by Gasteiger charge is -2.24. The minimum atomic E-state index is -3.13. The fraction of sp³-hybridized carbons (Fsp3) is 0.391. The van der Waals surface area contributed by atoms with Crippen molar-refractivity contribution < 1.29 is 18.0 Å². The van der Waals surface area contributed by atoms with Crippen LogP contribution in [0.15, 0.2) is 36.7 Å². The van der Waals surface area contributed by atoms with Crippen LogP contribution in [0.4, 0.5) is 11.4 Å². The second-order valence-corrected chi connectivity index (χ2v) is 10.6. The number of pyridine rings is 1. The Morgan fingerprint density at radius 1 is 1.15 bits per heavy atom. The highest BCUT2D eigenvalue weighted by Crippen LogP contribution is 2.30. The summed E-state index contributed by atoms with van der Waals surface area (Å²) in [4.78, 5) is 29.3. The van der Waals surface area contributed by atoms with E-state index in [-0.39, 0.29) is 23.5 Å². The Bertz CT molecular complexity index is 1290. The fourth-order valence-corrected chi connectivity index (χ4v) is 4.86. The second-order valence-electron chi connectivity index (χ2n) is 8.42. The number of sulfone groups is 1. The van der Waals surface area contributed by atoms with Crippen LogP contribution in [-0.4, -0.2) is 47.2 Å². The van der Waals surface area contributed by atoms with Crippen LogP contribution in [0.25, 0.3) is 11.0 Å². The van der Waals surface area contributed by atoms with Crippen LogP contribution in [0.3, 0.4) is 0 Å². The van der Waals surface area contributed by atoms with Crippen LogP contribution in [0.1, 0.15) is 48.5 Å². The third kappa shape index (κ3) is 5.39. The first kappa shape index (κ1) is 22.9. The highest BCUT2D eigenvalue weighted by atomic mass is 32.2. The first-order valence-corrected chi connectivity index (χ1v) is 13.0. The van der Waals surface area contributed by atoms with Crippen LogP contribution in [-0.2, 0) is 26.9 Å². The SMILES string of the molecule is CCn1ncc2c(NC3CCC(=O)CC3)c(C(=O)Nc3ccc(CS(C)(=O)=O)cc3)cnc21. The maximum Gasteiger partial charge on any atom is 0.259 e. The normalized spacial score (nSPS) is 15.0. The Labute approximate surface area is 192 Å². The summed E-state index contributed by atoms with van der Waals surface area (Å²) in [6, 6.07) is 6.81. The van der Waals surface area contributed by atoms with Gasteiger partial charge in [-0.1, -0.05) is 12.1 Å². The number of hydrogen-bond acceptors (Lipinski definition) is 7. The molecule has 33 heavy (non-hydrogen) atoms. The molecule has 1 fully saturated rings. The molecule has 2 N–H and O–H groups in total. The Morgan fingerprint density at radius 2 is 1.85 bits per heavy atom. The lowest BCUT2D eigenvalue weighted by atomic mass is 9.94. The summed E-state index contributed by atoms with van der Waals surface area (Å²) >= 11 is 0. The third-order valence-corrected chi connectivity index (χ3v) is 6.60. The molecule has 10 heteroatoms. The first-order valence-electron chi connectivity index (χ1n) is 10.9. The molecule has 1 amide bonds. The van der Waals surface area contributed by atoms with E-state index >= 15 is 0 Å². The fourth-order valence-electron chi connectivity index (χ4n) is 4.06. The van der Waals surface area contributed by atoms with Gasteiger partial charge in [0.15, 0.2) is 15.5 Å². The summed E-state index contributed by atoms with van der Waals surface area (Å²) in [7, 11) is -3.13. The van der Waals surface area contributed by atoms with Crippen molar-refractivity contribution in [2.75, 3.05) is 16.9 Å². The average molecular weight is 470 g/mol. The predicted molar refractivity (Wildman–Crippen MR) is 127 cm³/mol. The molecule has 1 aliphatic carbocycles. The van der Waals surface area contributed by atoms with Gasteiger partial charge in [-0.05, 0) is 37.5 Å². The number of amides is 1. The number of carbonyl (C=O) groups is 2. The molecule has 9 nitrogen and oxygen atoms in total. The van der Waals surface area contributed by atoms with E-state index in [4.69, 9.17) is 0 Å². The number of aromatic nitrogens is 3. The summed E-state index contributed by atoms with van der Waals surface area (Å²) in [5.41, 5.74) is 2.93. The number of fused-ring (bicyclic) bond motifs is 1. The first-order chi connectivity index (χ1) is 15.7. The summed E-state index contributed by atoms with van der Waals surface area (Å²) in [5, 5.41) is 11.5. The highest BCUT2D eigenvalue weighted by molar-refractivity contribution is 7.89. The van der Waals surface area contributed by atoms with Crippen LogP contribution in [0, 0.1) is 0 Å². The molecular weight excluding hydrogens is 442 g/mol. The number of anilines is 2. The number of rotatable bonds is 7. The van der Waals surface area contributed by atoms with Gasteiger partial charge in [-0.25, -0.2) is 18.1 Å². The lowest BCUT2D eigenvalue weighted by Crippen LogP contribution is -2.27. The molecule has 3 aromatic rings. The van der Waals surface area contributed by atoms with Gasteiger partial charge in [0.05, 0.1) is 28.6 Å². The maximum absolute atomic E-state index is 13.2. The number of benzene rings is 1. The van der Waals surface area contributed by atoms with E-state index in [9.17, 15) is 18.0 Å². The monoisotopic (exact) mass is 469 g/mol. The predicted octanol–water partition coefficient (Wildman–Crippen LogP) is 3.17. The van der Waals surface area contributed by atoms with Gasteiger partial charge >= 0.3 is 0 Å². The Kier molecular flexibility index (Phi) is 6.46. The number of nitrogens with zero attached hydrogens (tertiary/aromatic N) is 3. The van der Waals surface area contributed by atoms with Crippen molar-refractivity contribution in [1.82, 2.24) is 14.8 Å². The van der Waals surface area contributed by atoms with Gasteiger partial charge in [0, 0.05) is 43.6 Å². The maximum atomic E-state index is 13.2.